The first kappa shape index (κ1) is 27.7. The summed E-state index contributed by atoms with van der Waals surface area (Å²) in [6, 6.07) is 59.4. The van der Waals surface area contributed by atoms with Crippen LogP contribution >= 0.6 is 0 Å². The van der Waals surface area contributed by atoms with Gasteiger partial charge in [0.1, 0.15) is 5.82 Å². The average Bonchev–Trinajstić information content (AvgIpc) is 3.84. The van der Waals surface area contributed by atoms with E-state index in [-0.39, 0.29) is 0 Å². The minimum absolute atomic E-state index is 0.775. The van der Waals surface area contributed by atoms with Crippen LogP contribution in [0.15, 0.2) is 170 Å². The molecule has 4 heterocycles. The van der Waals surface area contributed by atoms with Gasteiger partial charge in [-0.25, -0.2) is 9.97 Å². The Balaban J connectivity index is 1.12. The number of hydrogen-bond donors (Lipinski definition) is 0. The van der Waals surface area contributed by atoms with Gasteiger partial charge in [0.25, 0.3) is 0 Å². The van der Waals surface area contributed by atoms with E-state index in [0.29, 0.717) is 0 Å². The molecule has 12 rings (SSSR count). The van der Waals surface area contributed by atoms with Crippen LogP contribution in [-0.2, 0) is 0 Å². The minimum Gasteiger partial charge on any atom is -0.309 e. The Bertz CT molecular complexity index is 3290. The van der Waals surface area contributed by atoms with Crippen molar-refractivity contribution in [1.29, 1.82) is 0 Å². The van der Waals surface area contributed by atoms with Crippen LogP contribution < -0.4 is 0 Å². The number of aromatic nitrogens is 4. The standard InChI is InChI=1S/C48H28N4/c1-2-11-32(12-3-1)51-41-17-9-8-16-36(41)38-26-30(19-21-42(38)51)31-20-22-43-40(27-31)46-33-13-5-4-10-29(33)18-23-44(46)52(43)45-28-39-35-15-7-6-14-34(35)37-24-25-49-48(50-45)47(37)39/h1-28H. The fraction of sp³-hybridized carbons (Fsp3) is 0. The van der Waals surface area contributed by atoms with Gasteiger partial charge in [-0.2, -0.15) is 0 Å². The monoisotopic (exact) mass is 660 g/mol. The molecule has 240 valence electrons. The van der Waals surface area contributed by atoms with E-state index >= 15 is 0 Å². The third-order valence-electron chi connectivity index (χ3n) is 11.1. The smallest absolute Gasteiger partial charge is 0.162 e. The van der Waals surface area contributed by atoms with E-state index in [1.807, 2.05) is 6.20 Å². The van der Waals surface area contributed by atoms with E-state index in [0.717, 1.165) is 27.9 Å². The van der Waals surface area contributed by atoms with Crippen LogP contribution in [0, 0.1) is 0 Å². The maximum absolute atomic E-state index is 5.26. The largest absolute Gasteiger partial charge is 0.309 e. The van der Waals surface area contributed by atoms with Crippen molar-refractivity contribution < 1.29 is 0 Å². The van der Waals surface area contributed by atoms with Crippen molar-refractivity contribution in [2.45, 2.75) is 0 Å². The van der Waals surface area contributed by atoms with Crippen molar-refractivity contribution in [3.05, 3.63) is 170 Å². The Kier molecular flexibility index (Phi) is 5.47. The molecule has 0 radical (unpaired) electrons. The molecule has 0 amide bonds. The van der Waals surface area contributed by atoms with Gasteiger partial charge in [-0.1, -0.05) is 103 Å². The summed E-state index contributed by atoms with van der Waals surface area (Å²) in [6.07, 6.45) is 1.89. The first-order chi connectivity index (χ1) is 25.8. The molecule has 0 atom stereocenters. The lowest BCUT2D eigenvalue weighted by Crippen LogP contribution is -1.99. The lowest BCUT2D eigenvalue weighted by Gasteiger charge is -2.11. The van der Waals surface area contributed by atoms with E-state index in [1.54, 1.807) is 0 Å². The molecule has 4 nitrogen and oxygen atoms in total. The third-order valence-corrected chi connectivity index (χ3v) is 11.1. The molecule has 0 N–H and O–H groups in total. The highest BCUT2D eigenvalue weighted by molar-refractivity contribution is 6.22. The molecule has 0 saturated heterocycles. The van der Waals surface area contributed by atoms with Crippen LogP contribution in [0.1, 0.15) is 0 Å². The number of para-hydroxylation sites is 2. The number of nitrogens with zero attached hydrogens (tertiary/aromatic N) is 4. The number of rotatable bonds is 3. The van der Waals surface area contributed by atoms with Crippen LogP contribution in [0.2, 0.25) is 0 Å². The summed E-state index contributed by atoms with van der Waals surface area (Å²) in [4.78, 5) is 10.1. The molecule has 0 aliphatic heterocycles. The van der Waals surface area contributed by atoms with Crippen molar-refractivity contribution in [1.82, 2.24) is 19.1 Å². The lowest BCUT2D eigenvalue weighted by molar-refractivity contribution is 1.09. The molecule has 7 aromatic carbocycles. The highest BCUT2D eigenvalue weighted by Gasteiger charge is 2.25. The molecule has 1 aliphatic carbocycles. The van der Waals surface area contributed by atoms with Gasteiger partial charge in [-0.15, -0.1) is 0 Å². The maximum Gasteiger partial charge on any atom is 0.162 e. The number of fused-ring (bicyclic) bond motifs is 11. The molecule has 0 unspecified atom stereocenters. The Labute approximate surface area is 298 Å². The number of pyridine rings is 2. The van der Waals surface area contributed by atoms with Crippen LogP contribution in [0.3, 0.4) is 0 Å². The predicted molar refractivity (Wildman–Crippen MR) is 216 cm³/mol. The first-order valence-corrected chi connectivity index (χ1v) is 17.7. The van der Waals surface area contributed by atoms with E-state index < -0.39 is 0 Å². The molecular weight excluding hydrogens is 633 g/mol. The van der Waals surface area contributed by atoms with E-state index in [4.69, 9.17) is 9.97 Å². The summed E-state index contributed by atoms with van der Waals surface area (Å²) in [5.74, 6) is 0.877. The van der Waals surface area contributed by atoms with Crippen LogP contribution in [0.25, 0.3) is 110 Å². The summed E-state index contributed by atoms with van der Waals surface area (Å²) in [6.45, 7) is 0. The second-order valence-corrected chi connectivity index (χ2v) is 13.8. The van der Waals surface area contributed by atoms with Gasteiger partial charge in [-0.3, -0.25) is 4.57 Å². The maximum atomic E-state index is 5.26. The summed E-state index contributed by atoms with van der Waals surface area (Å²) >= 11 is 0. The predicted octanol–water partition coefficient (Wildman–Crippen LogP) is 12.3. The zero-order chi connectivity index (χ0) is 33.9. The summed E-state index contributed by atoms with van der Waals surface area (Å²) < 4.78 is 4.71. The topological polar surface area (TPSA) is 35.6 Å². The van der Waals surface area contributed by atoms with E-state index in [1.165, 1.54) is 82.4 Å². The fourth-order valence-corrected chi connectivity index (χ4v) is 8.87. The molecule has 1 aliphatic rings. The highest BCUT2D eigenvalue weighted by Crippen LogP contribution is 2.47. The van der Waals surface area contributed by atoms with Crippen LogP contribution in [-0.4, -0.2) is 19.1 Å². The molecule has 0 saturated carbocycles. The molecule has 52 heavy (non-hydrogen) atoms. The lowest BCUT2D eigenvalue weighted by atomic mass is 9.99. The quantitative estimate of drug-likeness (QED) is 0.189. The summed E-state index contributed by atoms with van der Waals surface area (Å²) in [5, 5.41) is 8.52. The highest BCUT2D eigenvalue weighted by atomic mass is 15.1. The molecule has 0 fully saturated rings. The molecule has 4 heteroatoms. The van der Waals surface area contributed by atoms with Gasteiger partial charge in [0.05, 0.1) is 22.1 Å². The SMILES string of the molecule is c1ccc(-n2c3ccccc3c3cc(-c4ccc5c(c4)c4c6ccccc6ccc4n5-c4cc5c6c(ccnc6n4)-c4ccccc4-5)ccc32)cc1. The first-order valence-electron chi connectivity index (χ1n) is 17.7. The van der Waals surface area contributed by atoms with E-state index in [2.05, 4.69) is 173 Å². The number of benzene rings is 7. The van der Waals surface area contributed by atoms with Gasteiger partial charge < -0.3 is 4.57 Å². The van der Waals surface area contributed by atoms with Crippen molar-refractivity contribution in [2.75, 3.05) is 0 Å². The summed E-state index contributed by atoms with van der Waals surface area (Å²) in [7, 11) is 0. The van der Waals surface area contributed by atoms with Crippen LogP contribution in [0.4, 0.5) is 0 Å². The average molecular weight is 661 g/mol. The van der Waals surface area contributed by atoms with Gasteiger partial charge in [0, 0.05) is 38.8 Å². The Morgan fingerprint density at radius 3 is 1.88 bits per heavy atom. The van der Waals surface area contributed by atoms with E-state index in [9.17, 15) is 0 Å². The molecule has 11 aromatic rings. The zero-order valence-corrected chi connectivity index (χ0v) is 28.0. The normalized spacial score (nSPS) is 12.2. The molecule has 4 aromatic heterocycles. The van der Waals surface area contributed by atoms with Crippen molar-refractivity contribution in [3.63, 3.8) is 0 Å². The number of hydrogen-bond acceptors (Lipinski definition) is 2. The minimum atomic E-state index is 0.775. The Morgan fingerprint density at radius 1 is 0.385 bits per heavy atom. The molecule has 0 bridgehead atoms. The summed E-state index contributed by atoms with van der Waals surface area (Å²) in [5.41, 5.74) is 13.9. The van der Waals surface area contributed by atoms with Gasteiger partial charge in [0.15, 0.2) is 5.65 Å². The van der Waals surface area contributed by atoms with Crippen molar-refractivity contribution in [2.24, 2.45) is 0 Å². The molecule has 0 spiro atoms. The third kappa shape index (κ3) is 3.70. The second kappa shape index (κ2) is 10.3. The van der Waals surface area contributed by atoms with Gasteiger partial charge in [-0.05, 0) is 105 Å². The van der Waals surface area contributed by atoms with Crippen LogP contribution in [0.5, 0.6) is 0 Å². The fourth-order valence-electron chi connectivity index (χ4n) is 8.87. The Hall–Kier alpha value is -7.04. The molecular formula is C48H28N4. The zero-order valence-electron chi connectivity index (χ0n) is 28.0. The van der Waals surface area contributed by atoms with Crippen molar-refractivity contribution >= 4 is 65.4 Å². The van der Waals surface area contributed by atoms with Crippen molar-refractivity contribution in [3.8, 4) is 44.9 Å². The Morgan fingerprint density at radius 2 is 1.04 bits per heavy atom. The second-order valence-electron chi connectivity index (χ2n) is 13.8. The van der Waals surface area contributed by atoms with Gasteiger partial charge in [0.2, 0.25) is 0 Å². The van der Waals surface area contributed by atoms with Gasteiger partial charge >= 0.3 is 0 Å².